The molecule has 0 bridgehead atoms. The lowest BCUT2D eigenvalue weighted by Crippen LogP contribution is -2.41. The number of aromatic nitrogens is 1. The summed E-state index contributed by atoms with van der Waals surface area (Å²) in [6, 6.07) is 1.48. The molecule has 0 aliphatic rings. The first-order chi connectivity index (χ1) is 12.6. The Morgan fingerprint density at radius 1 is 1.22 bits per heavy atom. The summed E-state index contributed by atoms with van der Waals surface area (Å²) in [5.74, 6) is -1.84. The van der Waals surface area contributed by atoms with Gasteiger partial charge in [0.25, 0.3) is 5.91 Å². The van der Waals surface area contributed by atoms with Gasteiger partial charge in [0.05, 0.1) is 12.7 Å². The first-order valence-electron chi connectivity index (χ1n) is 8.59. The van der Waals surface area contributed by atoms with Crippen LogP contribution in [-0.4, -0.2) is 48.3 Å². The van der Waals surface area contributed by atoms with Gasteiger partial charge in [-0.05, 0) is 52.2 Å². The molecule has 1 heterocycles. The topological polar surface area (TPSA) is 107 Å². The van der Waals surface area contributed by atoms with Crippen molar-refractivity contribution in [3.05, 3.63) is 29.8 Å². The molecule has 1 aromatic heterocycles. The van der Waals surface area contributed by atoms with Crippen molar-refractivity contribution >= 4 is 18.0 Å². The van der Waals surface area contributed by atoms with E-state index < -0.39 is 35.6 Å². The van der Waals surface area contributed by atoms with Crippen LogP contribution in [0.3, 0.4) is 0 Å². The standard InChI is InChI=1S/C18H26FN3O5/c1-18(2,3)27-17(25)20-10-6-5-7-13(16(24)26-4)22-15(23)12-8-9-14(19)21-11-12/h8-9,11,13H,5-7,10H2,1-4H3,(H,20,25)(H,22,23)/t13-/m0/s1. The lowest BCUT2D eigenvalue weighted by molar-refractivity contribution is -0.143. The number of ether oxygens (including phenoxy) is 2. The van der Waals surface area contributed by atoms with E-state index in [1.54, 1.807) is 20.8 Å². The Kier molecular flexibility index (Phi) is 8.64. The highest BCUT2D eigenvalue weighted by molar-refractivity contribution is 5.96. The van der Waals surface area contributed by atoms with Gasteiger partial charge >= 0.3 is 12.1 Å². The molecule has 0 aliphatic carbocycles. The van der Waals surface area contributed by atoms with Crippen LogP contribution < -0.4 is 10.6 Å². The molecule has 0 aromatic carbocycles. The molecule has 0 saturated heterocycles. The number of unbranched alkanes of at least 4 members (excludes halogenated alkanes) is 1. The number of hydrogen-bond donors (Lipinski definition) is 2. The highest BCUT2D eigenvalue weighted by atomic mass is 19.1. The van der Waals surface area contributed by atoms with Gasteiger partial charge < -0.3 is 20.1 Å². The van der Waals surface area contributed by atoms with Gasteiger partial charge in [-0.15, -0.1) is 0 Å². The zero-order chi connectivity index (χ0) is 20.4. The maximum atomic E-state index is 12.8. The number of esters is 1. The Labute approximate surface area is 157 Å². The molecule has 8 nitrogen and oxygen atoms in total. The number of pyridine rings is 1. The Morgan fingerprint density at radius 2 is 1.93 bits per heavy atom. The summed E-state index contributed by atoms with van der Waals surface area (Å²) in [7, 11) is 1.23. The molecule has 1 aromatic rings. The van der Waals surface area contributed by atoms with Crippen molar-refractivity contribution in [3.8, 4) is 0 Å². The van der Waals surface area contributed by atoms with Crippen LogP contribution in [-0.2, 0) is 14.3 Å². The molecule has 0 fully saturated rings. The second-order valence-electron chi connectivity index (χ2n) is 6.84. The number of carbonyl (C=O) groups excluding carboxylic acids is 3. The maximum absolute atomic E-state index is 12.8. The van der Waals surface area contributed by atoms with E-state index in [9.17, 15) is 18.8 Å². The van der Waals surface area contributed by atoms with Gasteiger partial charge in [-0.3, -0.25) is 4.79 Å². The Morgan fingerprint density at radius 3 is 2.48 bits per heavy atom. The number of methoxy groups -OCH3 is 1. The molecule has 0 aliphatic heterocycles. The smallest absolute Gasteiger partial charge is 0.407 e. The van der Waals surface area contributed by atoms with Gasteiger partial charge in [0, 0.05) is 12.7 Å². The minimum Gasteiger partial charge on any atom is -0.467 e. The monoisotopic (exact) mass is 383 g/mol. The summed E-state index contributed by atoms with van der Waals surface area (Å²) >= 11 is 0. The fourth-order valence-electron chi connectivity index (χ4n) is 2.12. The molecular weight excluding hydrogens is 357 g/mol. The van der Waals surface area contributed by atoms with Gasteiger partial charge in [0.2, 0.25) is 5.95 Å². The molecule has 0 unspecified atom stereocenters. The number of halogens is 1. The molecule has 150 valence electrons. The summed E-state index contributed by atoms with van der Waals surface area (Å²) in [6.45, 7) is 5.69. The van der Waals surface area contributed by atoms with E-state index in [2.05, 4.69) is 15.6 Å². The third-order valence-corrected chi connectivity index (χ3v) is 3.37. The molecule has 2 N–H and O–H groups in total. The highest BCUT2D eigenvalue weighted by Crippen LogP contribution is 2.08. The molecule has 1 atom stereocenters. The molecule has 1 rings (SSSR count). The first kappa shape index (κ1) is 22.3. The summed E-state index contributed by atoms with van der Waals surface area (Å²) in [6.07, 6.45) is 2.04. The predicted molar refractivity (Wildman–Crippen MR) is 95.6 cm³/mol. The lowest BCUT2D eigenvalue weighted by atomic mass is 10.1. The molecule has 0 spiro atoms. The summed E-state index contributed by atoms with van der Waals surface area (Å²) < 4.78 is 22.6. The van der Waals surface area contributed by atoms with Gasteiger partial charge in [0.1, 0.15) is 11.6 Å². The fraction of sp³-hybridized carbons (Fsp3) is 0.556. The van der Waals surface area contributed by atoms with Gasteiger partial charge in [-0.2, -0.15) is 4.39 Å². The number of alkyl carbamates (subject to hydrolysis) is 1. The molecule has 9 heteroatoms. The average molecular weight is 383 g/mol. The van der Waals surface area contributed by atoms with Crippen molar-refractivity contribution in [3.63, 3.8) is 0 Å². The van der Waals surface area contributed by atoms with E-state index >= 15 is 0 Å². The van der Waals surface area contributed by atoms with Crippen LogP contribution in [0.15, 0.2) is 18.3 Å². The van der Waals surface area contributed by atoms with E-state index in [1.165, 1.54) is 13.2 Å². The summed E-state index contributed by atoms with van der Waals surface area (Å²) in [5, 5.41) is 5.17. The van der Waals surface area contributed by atoms with Crippen LogP contribution in [0.1, 0.15) is 50.4 Å². The number of rotatable bonds is 8. The van der Waals surface area contributed by atoms with Crippen molar-refractivity contribution in [2.75, 3.05) is 13.7 Å². The van der Waals surface area contributed by atoms with Crippen molar-refractivity contribution in [1.29, 1.82) is 0 Å². The Balaban J connectivity index is 2.44. The quantitative estimate of drug-likeness (QED) is 0.405. The summed E-state index contributed by atoms with van der Waals surface area (Å²) in [5.41, 5.74) is -0.434. The minimum atomic E-state index is -0.853. The van der Waals surface area contributed by atoms with Crippen LogP contribution in [0.4, 0.5) is 9.18 Å². The average Bonchev–Trinajstić information content (AvgIpc) is 2.58. The minimum absolute atomic E-state index is 0.136. The molecule has 0 radical (unpaired) electrons. The van der Waals surface area contributed by atoms with Crippen LogP contribution >= 0.6 is 0 Å². The largest absolute Gasteiger partial charge is 0.467 e. The molecule has 27 heavy (non-hydrogen) atoms. The Bertz CT molecular complexity index is 643. The van der Waals surface area contributed by atoms with Crippen LogP contribution in [0, 0.1) is 5.95 Å². The predicted octanol–water partition coefficient (Wildman–Crippen LogP) is 2.19. The maximum Gasteiger partial charge on any atom is 0.407 e. The van der Waals surface area contributed by atoms with Crippen LogP contribution in [0.2, 0.25) is 0 Å². The van der Waals surface area contributed by atoms with Crippen molar-refractivity contribution < 1.29 is 28.2 Å². The Hall–Kier alpha value is -2.71. The van der Waals surface area contributed by atoms with Gasteiger partial charge in [-0.1, -0.05) is 0 Å². The van der Waals surface area contributed by atoms with Gasteiger partial charge in [-0.25, -0.2) is 14.6 Å². The number of nitrogens with one attached hydrogen (secondary N) is 2. The van der Waals surface area contributed by atoms with Gasteiger partial charge in [0.15, 0.2) is 0 Å². The van der Waals surface area contributed by atoms with E-state index in [1.807, 2.05) is 0 Å². The van der Waals surface area contributed by atoms with E-state index in [-0.39, 0.29) is 5.56 Å². The van der Waals surface area contributed by atoms with Crippen LogP contribution in [0.5, 0.6) is 0 Å². The zero-order valence-electron chi connectivity index (χ0n) is 16.0. The van der Waals surface area contributed by atoms with Crippen molar-refractivity contribution in [2.45, 2.75) is 51.7 Å². The fourth-order valence-corrected chi connectivity index (χ4v) is 2.12. The molecule has 2 amide bonds. The second kappa shape index (κ2) is 10.4. The van der Waals surface area contributed by atoms with Crippen molar-refractivity contribution in [1.82, 2.24) is 15.6 Å². The highest BCUT2D eigenvalue weighted by Gasteiger charge is 2.22. The summed E-state index contributed by atoms with van der Waals surface area (Å²) in [4.78, 5) is 38.9. The lowest BCUT2D eigenvalue weighted by Gasteiger charge is -2.20. The molecule has 0 saturated carbocycles. The number of nitrogens with zero attached hydrogens (tertiary/aromatic N) is 1. The first-order valence-corrected chi connectivity index (χ1v) is 8.59. The number of hydrogen-bond acceptors (Lipinski definition) is 6. The van der Waals surface area contributed by atoms with E-state index in [0.29, 0.717) is 25.8 Å². The zero-order valence-corrected chi connectivity index (χ0v) is 16.0. The second-order valence-corrected chi connectivity index (χ2v) is 6.84. The number of amides is 2. The van der Waals surface area contributed by atoms with Crippen LogP contribution in [0.25, 0.3) is 0 Å². The van der Waals surface area contributed by atoms with Crippen molar-refractivity contribution in [2.24, 2.45) is 0 Å². The third kappa shape index (κ3) is 8.98. The molecular formula is C18H26FN3O5. The number of carbonyl (C=O) groups is 3. The van der Waals surface area contributed by atoms with E-state index in [4.69, 9.17) is 9.47 Å². The van der Waals surface area contributed by atoms with E-state index in [0.717, 1.165) is 12.3 Å². The third-order valence-electron chi connectivity index (χ3n) is 3.37. The SMILES string of the molecule is COC(=O)[C@H](CCCCNC(=O)OC(C)(C)C)NC(=O)c1ccc(F)nc1. The normalized spacial score (nSPS) is 12.0.